The van der Waals surface area contributed by atoms with Crippen LogP contribution in [0.15, 0.2) is 27.6 Å². The number of rotatable bonds is 3. The summed E-state index contributed by atoms with van der Waals surface area (Å²) in [5.41, 5.74) is 1.49. The largest absolute Gasteiger partial charge is 0.142 e. The van der Waals surface area contributed by atoms with Gasteiger partial charge in [-0.3, -0.25) is 0 Å². The fourth-order valence-electron chi connectivity index (χ4n) is 2.97. The van der Waals surface area contributed by atoms with Crippen LogP contribution in [0.5, 0.6) is 0 Å². The monoisotopic (exact) mass is 312 g/mol. The predicted octanol–water partition coefficient (Wildman–Crippen LogP) is 5.81. The van der Waals surface area contributed by atoms with E-state index >= 15 is 0 Å². The first-order chi connectivity index (χ1) is 8.20. The van der Waals surface area contributed by atoms with Gasteiger partial charge in [0, 0.05) is 9.37 Å². The summed E-state index contributed by atoms with van der Waals surface area (Å²) in [4.78, 5) is 1.04. The first-order valence-corrected chi connectivity index (χ1v) is 7.93. The molecular weight excluding hydrogens is 292 g/mol. The molecule has 1 saturated carbocycles. The van der Waals surface area contributed by atoms with Gasteiger partial charge in [-0.25, -0.2) is 0 Å². The van der Waals surface area contributed by atoms with E-state index < -0.39 is 0 Å². The zero-order valence-electron chi connectivity index (χ0n) is 10.5. The molecule has 94 valence electrons. The molecule has 1 aliphatic rings. The molecule has 1 aliphatic carbocycles. The number of hydrogen-bond donors (Lipinski definition) is 1. The van der Waals surface area contributed by atoms with Crippen molar-refractivity contribution < 1.29 is 0 Å². The highest BCUT2D eigenvalue weighted by molar-refractivity contribution is 9.10. The van der Waals surface area contributed by atoms with Crippen LogP contribution in [-0.4, -0.2) is 0 Å². The van der Waals surface area contributed by atoms with Crippen molar-refractivity contribution in [3.05, 3.63) is 28.2 Å². The average Bonchev–Trinajstić information content (AvgIpc) is 2.34. The van der Waals surface area contributed by atoms with Gasteiger partial charge in [-0.2, -0.15) is 0 Å². The topological polar surface area (TPSA) is 0 Å². The van der Waals surface area contributed by atoms with Crippen molar-refractivity contribution in [3.63, 3.8) is 0 Å². The van der Waals surface area contributed by atoms with Crippen LogP contribution in [0.2, 0.25) is 0 Å². The lowest BCUT2D eigenvalue weighted by atomic mass is 9.77. The second kappa shape index (κ2) is 6.29. The van der Waals surface area contributed by atoms with E-state index in [2.05, 4.69) is 53.7 Å². The molecule has 1 aromatic rings. The van der Waals surface area contributed by atoms with E-state index in [1.807, 2.05) is 0 Å². The molecule has 0 aliphatic heterocycles. The van der Waals surface area contributed by atoms with Gasteiger partial charge in [-0.05, 0) is 71.1 Å². The Morgan fingerprint density at radius 2 is 1.94 bits per heavy atom. The molecule has 1 aromatic carbocycles. The molecule has 17 heavy (non-hydrogen) atoms. The highest BCUT2D eigenvalue weighted by Crippen LogP contribution is 2.38. The summed E-state index contributed by atoms with van der Waals surface area (Å²) in [6.45, 7) is 2.30. The van der Waals surface area contributed by atoms with E-state index in [0.717, 1.165) is 21.2 Å². The van der Waals surface area contributed by atoms with E-state index in [9.17, 15) is 0 Å². The second-order valence-corrected chi connectivity index (χ2v) is 6.55. The number of benzene rings is 1. The van der Waals surface area contributed by atoms with Gasteiger partial charge in [-0.1, -0.05) is 25.8 Å². The molecule has 0 heterocycles. The molecule has 1 fully saturated rings. The third-order valence-corrected chi connectivity index (χ3v) is 5.34. The van der Waals surface area contributed by atoms with Crippen LogP contribution < -0.4 is 0 Å². The highest BCUT2D eigenvalue weighted by atomic mass is 79.9. The molecule has 0 amide bonds. The minimum absolute atomic E-state index is 0.772. The zero-order valence-corrected chi connectivity index (χ0v) is 12.9. The Kier molecular flexibility index (Phi) is 4.98. The van der Waals surface area contributed by atoms with E-state index in [1.54, 1.807) is 0 Å². The Morgan fingerprint density at radius 3 is 2.53 bits per heavy atom. The lowest BCUT2D eigenvalue weighted by Crippen LogP contribution is -2.13. The lowest BCUT2D eigenvalue weighted by Gasteiger charge is -2.28. The SMILES string of the molecule is CCCC1CCC(c2ccc(S)c(Br)c2)CC1. The molecule has 0 bridgehead atoms. The predicted molar refractivity (Wildman–Crippen MR) is 81.0 cm³/mol. The summed E-state index contributed by atoms with van der Waals surface area (Å²) in [7, 11) is 0. The fourth-order valence-corrected chi connectivity index (χ4v) is 3.51. The maximum atomic E-state index is 4.40. The number of halogens is 1. The Hall–Kier alpha value is 0.0500. The highest BCUT2D eigenvalue weighted by Gasteiger charge is 2.21. The molecule has 2 rings (SSSR count). The summed E-state index contributed by atoms with van der Waals surface area (Å²) in [6, 6.07) is 6.62. The van der Waals surface area contributed by atoms with Crippen LogP contribution in [0.3, 0.4) is 0 Å². The number of thiol groups is 1. The third-order valence-electron chi connectivity index (χ3n) is 3.99. The standard InChI is InChI=1S/C15H21BrS/c1-2-3-11-4-6-12(7-5-11)13-8-9-15(17)14(16)10-13/h8-12,17H,2-7H2,1H3. The maximum absolute atomic E-state index is 4.40. The van der Waals surface area contributed by atoms with E-state index in [0.29, 0.717) is 0 Å². The van der Waals surface area contributed by atoms with E-state index in [-0.39, 0.29) is 0 Å². The van der Waals surface area contributed by atoms with Crippen molar-refractivity contribution in [1.82, 2.24) is 0 Å². The van der Waals surface area contributed by atoms with Crippen LogP contribution in [0, 0.1) is 5.92 Å². The Balaban J connectivity index is 1.98. The van der Waals surface area contributed by atoms with Crippen LogP contribution >= 0.6 is 28.6 Å². The minimum atomic E-state index is 0.772. The molecule has 0 atom stereocenters. The van der Waals surface area contributed by atoms with Crippen molar-refractivity contribution in [2.45, 2.75) is 56.3 Å². The smallest absolute Gasteiger partial charge is 0.0311 e. The summed E-state index contributed by atoms with van der Waals surface area (Å²) in [5, 5.41) is 0. The van der Waals surface area contributed by atoms with Gasteiger partial charge in [0.2, 0.25) is 0 Å². The van der Waals surface area contributed by atoms with E-state index in [4.69, 9.17) is 0 Å². The molecule has 2 heteroatoms. The third kappa shape index (κ3) is 3.51. The zero-order chi connectivity index (χ0) is 12.3. The molecule has 0 spiro atoms. The van der Waals surface area contributed by atoms with Gasteiger partial charge in [-0.15, -0.1) is 12.6 Å². The molecule has 0 unspecified atom stereocenters. The van der Waals surface area contributed by atoms with Crippen LogP contribution in [0.4, 0.5) is 0 Å². The molecule has 0 N–H and O–H groups in total. The van der Waals surface area contributed by atoms with Crippen molar-refractivity contribution in [2.24, 2.45) is 5.92 Å². The molecule has 0 saturated heterocycles. The van der Waals surface area contributed by atoms with Crippen molar-refractivity contribution >= 4 is 28.6 Å². The first-order valence-electron chi connectivity index (χ1n) is 6.69. The summed E-state index contributed by atoms with van der Waals surface area (Å²) in [6.07, 6.45) is 8.32. The first kappa shape index (κ1) is 13.5. The minimum Gasteiger partial charge on any atom is -0.142 e. The lowest BCUT2D eigenvalue weighted by molar-refractivity contribution is 0.308. The molecule has 0 aromatic heterocycles. The van der Waals surface area contributed by atoms with Gasteiger partial charge < -0.3 is 0 Å². The Labute approximate surface area is 119 Å². The van der Waals surface area contributed by atoms with Gasteiger partial charge in [0.05, 0.1) is 0 Å². The van der Waals surface area contributed by atoms with E-state index in [1.165, 1.54) is 44.1 Å². The van der Waals surface area contributed by atoms with Gasteiger partial charge >= 0.3 is 0 Å². The average molecular weight is 313 g/mol. The summed E-state index contributed by atoms with van der Waals surface area (Å²) in [5.74, 6) is 1.76. The normalized spacial score (nSPS) is 24.9. The van der Waals surface area contributed by atoms with Gasteiger partial charge in [0.1, 0.15) is 0 Å². The molecule has 0 nitrogen and oxygen atoms in total. The van der Waals surface area contributed by atoms with Crippen LogP contribution in [-0.2, 0) is 0 Å². The Morgan fingerprint density at radius 1 is 1.24 bits per heavy atom. The maximum Gasteiger partial charge on any atom is 0.0311 e. The Bertz CT molecular complexity index is 367. The van der Waals surface area contributed by atoms with Crippen LogP contribution in [0.1, 0.15) is 56.9 Å². The van der Waals surface area contributed by atoms with Gasteiger partial charge in [0.15, 0.2) is 0 Å². The summed E-state index contributed by atoms with van der Waals surface area (Å²) < 4.78 is 1.13. The van der Waals surface area contributed by atoms with Gasteiger partial charge in [0.25, 0.3) is 0 Å². The summed E-state index contributed by atoms with van der Waals surface area (Å²) >= 11 is 7.98. The van der Waals surface area contributed by atoms with Crippen molar-refractivity contribution in [2.75, 3.05) is 0 Å². The molecule has 0 radical (unpaired) electrons. The van der Waals surface area contributed by atoms with Crippen molar-refractivity contribution in [3.8, 4) is 0 Å². The van der Waals surface area contributed by atoms with Crippen molar-refractivity contribution in [1.29, 1.82) is 0 Å². The fraction of sp³-hybridized carbons (Fsp3) is 0.600. The van der Waals surface area contributed by atoms with Crippen LogP contribution in [0.25, 0.3) is 0 Å². The quantitative estimate of drug-likeness (QED) is 0.669. The molecular formula is C15H21BrS. The second-order valence-electron chi connectivity index (χ2n) is 5.22. The number of hydrogen-bond acceptors (Lipinski definition) is 1.